The molecular formula is C16H29N3OS. The summed E-state index contributed by atoms with van der Waals surface area (Å²) in [5.74, 6) is 0.868. The van der Waals surface area contributed by atoms with E-state index in [0.717, 1.165) is 58.4 Å². The SMILES string of the molecule is CC(C)CN1CCN(C(=O)C2(C(N)=S)CCCCC2)CC1. The first-order chi connectivity index (χ1) is 9.95. The number of hydrogen-bond donors (Lipinski definition) is 1. The van der Waals surface area contributed by atoms with Gasteiger partial charge in [0.2, 0.25) is 5.91 Å². The van der Waals surface area contributed by atoms with E-state index in [1.807, 2.05) is 4.90 Å². The minimum Gasteiger partial charge on any atom is -0.392 e. The zero-order valence-corrected chi connectivity index (χ0v) is 14.3. The van der Waals surface area contributed by atoms with E-state index in [1.54, 1.807) is 0 Å². The number of thiocarbonyl (C=S) groups is 1. The molecule has 1 amide bonds. The molecule has 0 spiro atoms. The Hall–Kier alpha value is -0.680. The summed E-state index contributed by atoms with van der Waals surface area (Å²) in [5.41, 5.74) is 5.43. The summed E-state index contributed by atoms with van der Waals surface area (Å²) in [5, 5.41) is 0. The number of carbonyl (C=O) groups excluding carboxylic acids is 1. The molecule has 1 heterocycles. The van der Waals surface area contributed by atoms with Crippen LogP contribution in [0, 0.1) is 11.3 Å². The van der Waals surface area contributed by atoms with Crippen LogP contribution in [0.4, 0.5) is 0 Å². The Labute approximate surface area is 134 Å². The molecule has 1 saturated heterocycles. The topological polar surface area (TPSA) is 49.6 Å². The van der Waals surface area contributed by atoms with Crippen molar-refractivity contribution in [1.29, 1.82) is 0 Å². The fraction of sp³-hybridized carbons (Fsp3) is 0.875. The van der Waals surface area contributed by atoms with Gasteiger partial charge in [-0.3, -0.25) is 9.69 Å². The van der Waals surface area contributed by atoms with Crippen molar-refractivity contribution in [1.82, 2.24) is 9.80 Å². The van der Waals surface area contributed by atoms with Gasteiger partial charge in [-0.25, -0.2) is 0 Å². The Morgan fingerprint density at radius 1 is 1.14 bits per heavy atom. The van der Waals surface area contributed by atoms with Crippen LogP contribution in [0.3, 0.4) is 0 Å². The third-order valence-corrected chi connectivity index (χ3v) is 5.26. The van der Waals surface area contributed by atoms with E-state index < -0.39 is 5.41 Å². The highest BCUT2D eigenvalue weighted by Crippen LogP contribution is 2.38. The van der Waals surface area contributed by atoms with E-state index in [9.17, 15) is 4.79 Å². The molecule has 5 heteroatoms. The van der Waals surface area contributed by atoms with Crippen LogP contribution >= 0.6 is 12.2 Å². The van der Waals surface area contributed by atoms with Crippen LogP contribution < -0.4 is 5.73 Å². The minimum atomic E-state index is -0.548. The van der Waals surface area contributed by atoms with Crippen LogP contribution in [0.5, 0.6) is 0 Å². The predicted molar refractivity (Wildman–Crippen MR) is 90.2 cm³/mol. The van der Waals surface area contributed by atoms with Crippen molar-refractivity contribution in [2.45, 2.75) is 46.0 Å². The molecule has 1 aliphatic heterocycles. The molecule has 1 aliphatic carbocycles. The first-order valence-electron chi connectivity index (χ1n) is 8.27. The Morgan fingerprint density at radius 3 is 2.19 bits per heavy atom. The maximum absolute atomic E-state index is 13.0. The van der Waals surface area contributed by atoms with Gasteiger partial charge in [-0.05, 0) is 18.8 Å². The number of carbonyl (C=O) groups is 1. The van der Waals surface area contributed by atoms with Gasteiger partial charge in [-0.15, -0.1) is 0 Å². The van der Waals surface area contributed by atoms with E-state index in [1.165, 1.54) is 6.42 Å². The van der Waals surface area contributed by atoms with Crippen molar-refractivity contribution in [2.24, 2.45) is 17.1 Å². The van der Waals surface area contributed by atoms with Crippen molar-refractivity contribution in [3.8, 4) is 0 Å². The van der Waals surface area contributed by atoms with E-state index >= 15 is 0 Å². The van der Waals surface area contributed by atoms with E-state index in [0.29, 0.717) is 10.9 Å². The zero-order valence-electron chi connectivity index (χ0n) is 13.4. The second-order valence-electron chi connectivity index (χ2n) is 6.99. The van der Waals surface area contributed by atoms with Crippen molar-refractivity contribution >= 4 is 23.1 Å². The highest BCUT2D eigenvalue weighted by Gasteiger charge is 2.45. The summed E-state index contributed by atoms with van der Waals surface area (Å²) in [6.45, 7) is 9.16. The third-order valence-electron chi connectivity index (χ3n) is 4.87. The molecule has 0 bridgehead atoms. The van der Waals surface area contributed by atoms with Gasteiger partial charge in [0.15, 0.2) is 0 Å². The average Bonchev–Trinajstić information content (AvgIpc) is 2.47. The van der Waals surface area contributed by atoms with E-state index in [2.05, 4.69) is 18.7 Å². The molecule has 1 saturated carbocycles. The fourth-order valence-electron chi connectivity index (χ4n) is 3.67. The van der Waals surface area contributed by atoms with Crippen molar-refractivity contribution < 1.29 is 4.79 Å². The van der Waals surface area contributed by atoms with Crippen molar-refractivity contribution in [3.63, 3.8) is 0 Å². The molecule has 0 radical (unpaired) electrons. The van der Waals surface area contributed by atoms with Gasteiger partial charge >= 0.3 is 0 Å². The lowest BCUT2D eigenvalue weighted by molar-refractivity contribution is -0.141. The lowest BCUT2D eigenvalue weighted by Crippen LogP contribution is -2.57. The van der Waals surface area contributed by atoms with Crippen LogP contribution in [0.1, 0.15) is 46.0 Å². The fourth-order valence-corrected chi connectivity index (χ4v) is 3.97. The monoisotopic (exact) mass is 311 g/mol. The van der Waals surface area contributed by atoms with Gasteiger partial charge in [0.1, 0.15) is 0 Å². The number of hydrogen-bond acceptors (Lipinski definition) is 3. The molecule has 2 fully saturated rings. The quantitative estimate of drug-likeness (QED) is 0.807. The van der Waals surface area contributed by atoms with Crippen LogP contribution in [0.25, 0.3) is 0 Å². The molecule has 0 aromatic carbocycles. The van der Waals surface area contributed by atoms with Gasteiger partial charge in [-0.1, -0.05) is 45.3 Å². The molecule has 0 aromatic rings. The zero-order chi connectivity index (χ0) is 15.5. The normalized spacial score (nSPS) is 23.3. The highest BCUT2D eigenvalue weighted by atomic mass is 32.1. The second kappa shape index (κ2) is 7.05. The number of piperazine rings is 1. The van der Waals surface area contributed by atoms with E-state index in [-0.39, 0.29) is 5.91 Å². The maximum atomic E-state index is 13.0. The van der Waals surface area contributed by atoms with Crippen molar-refractivity contribution in [3.05, 3.63) is 0 Å². The standard InChI is InChI=1S/C16H29N3OS/c1-13(2)12-18-8-10-19(11-9-18)15(20)16(14(17)21)6-4-3-5-7-16/h13H,3-12H2,1-2H3,(H2,17,21). The molecule has 2 N–H and O–H groups in total. The molecule has 4 nitrogen and oxygen atoms in total. The van der Waals surface area contributed by atoms with Gasteiger partial charge in [0.05, 0.1) is 10.4 Å². The van der Waals surface area contributed by atoms with Crippen LogP contribution in [0.2, 0.25) is 0 Å². The molecule has 0 unspecified atom stereocenters. The summed E-state index contributed by atoms with van der Waals surface area (Å²) >= 11 is 5.27. The second-order valence-corrected chi connectivity index (χ2v) is 7.43. The largest absolute Gasteiger partial charge is 0.392 e. The number of rotatable bonds is 4. The summed E-state index contributed by atoms with van der Waals surface area (Å²) in [6.07, 6.45) is 5.01. The van der Waals surface area contributed by atoms with Crippen LogP contribution in [-0.4, -0.2) is 53.4 Å². The Morgan fingerprint density at radius 2 is 1.71 bits per heavy atom. The molecule has 2 rings (SSSR count). The highest BCUT2D eigenvalue weighted by molar-refractivity contribution is 7.80. The van der Waals surface area contributed by atoms with E-state index in [4.69, 9.17) is 18.0 Å². The Kier molecular flexibility index (Phi) is 5.60. The number of nitrogens with zero attached hydrogens (tertiary/aromatic N) is 2. The summed E-state index contributed by atoms with van der Waals surface area (Å²) in [7, 11) is 0. The lowest BCUT2D eigenvalue weighted by Gasteiger charge is -2.42. The lowest BCUT2D eigenvalue weighted by atomic mass is 9.72. The Bertz CT molecular complexity index is 383. The number of amides is 1. The van der Waals surface area contributed by atoms with Gasteiger partial charge in [-0.2, -0.15) is 0 Å². The van der Waals surface area contributed by atoms with Crippen molar-refractivity contribution in [2.75, 3.05) is 32.7 Å². The third kappa shape index (κ3) is 3.75. The smallest absolute Gasteiger partial charge is 0.235 e. The molecule has 120 valence electrons. The maximum Gasteiger partial charge on any atom is 0.235 e. The van der Waals surface area contributed by atoms with Crippen LogP contribution in [-0.2, 0) is 4.79 Å². The summed E-state index contributed by atoms with van der Waals surface area (Å²) in [4.78, 5) is 17.8. The average molecular weight is 311 g/mol. The molecular weight excluding hydrogens is 282 g/mol. The summed E-state index contributed by atoms with van der Waals surface area (Å²) < 4.78 is 0. The van der Waals surface area contributed by atoms with Gasteiger partial charge in [0, 0.05) is 32.7 Å². The molecule has 2 aliphatic rings. The molecule has 21 heavy (non-hydrogen) atoms. The minimum absolute atomic E-state index is 0.193. The first kappa shape index (κ1) is 16.7. The Balaban J connectivity index is 1.98. The van der Waals surface area contributed by atoms with Crippen LogP contribution in [0.15, 0.2) is 0 Å². The van der Waals surface area contributed by atoms with Gasteiger partial charge < -0.3 is 10.6 Å². The predicted octanol–water partition coefficient (Wildman–Crippen LogP) is 2.02. The van der Waals surface area contributed by atoms with Gasteiger partial charge in [0.25, 0.3) is 0 Å². The summed E-state index contributed by atoms with van der Waals surface area (Å²) in [6, 6.07) is 0. The molecule has 0 aromatic heterocycles. The first-order valence-corrected chi connectivity index (χ1v) is 8.68. The number of nitrogens with two attached hydrogens (primary N) is 1. The molecule has 0 atom stereocenters.